The van der Waals surface area contributed by atoms with Crippen LogP contribution in [0.3, 0.4) is 0 Å². The monoisotopic (exact) mass is 375 g/mol. The third kappa shape index (κ3) is 4.81. The lowest BCUT2D eigenvalue weighted by molar-refractivity contribution is -0.119. The summed E-state index contributed by atoms with van der Waals surface area (Å²) in [5.41, 5.74) is 7.91. The SMILES string of the molecule is CC(C)Oc1ccc(-c2csc(NC(=O)C(N)C3CCOCC3)n2)cc1. The Balaban J connectivity index is 1.61. The van der Waals surface area contributed by atoms with Gasteiger partial charge >= 0.3 is 0 Å². The highest BCUT2D eigenvalue weighted by atomic mass is 32.1. The Bertz CT molecular complexity index is 724. The highest BCUT2D eigenvalue weighted by molar-refractivity contribution is 7.14. The van der Waals surface area contributed by atoms with Crippen molar-refractivity contribution in [2.75, 3.05) is 18.5 Å². The zero-order chi connectivity index (χ0) is 18.5. The molecule has 1 aromatic carbocycles. The van der Waals surface area contributed by atoms with Gasteiger partial charge in [0.25, 0.3) is 0 Å². The van der Waals surface area contributed by atoms with Crippen molar-refractivity contribution in [1.82, 2.24) is 4.98 Å². The molecule has 140 valence electrons. The Morgan fingerprint density at radius 3 is 2.65 bits per heavy atom. The quantitative estimate of drug-likeness (QED) is 0.809. The average Bonchev–Trinajstić information content (AvgIpc) is 3.10. The molecule has 1 unspecified atom stereocenters. The second-order valence-electron chi connectivity index (χ2n) is 6.69. The van der Waals surface area contributed by atoms with Crippen LogP contribution in [0, 0.1) is 5.92 Å². The summed E-state index contributed by atoms with van der Waals surface area (Å²) >= 11 is 1.40. The average molecular weight is 375 g/mol. The maximum Gasteiger partial charge on any atom is 0.243 e. The number of carbonyl (C=O) groups excluding carboxylic acids is 1. The molecule has 1 fully saturated rings. The number of nitrogens with two attached hydrogens (primary N) is 1. The van der Waals surface area contributed by atoms with Gasteiger partial charge in [0.2, 0.25) is 5.91 Å². The number of benzene rings is 1. The van der Waals surface area contributed by atoms with Crippen molar-refractivity contribution in [3.8, 4) is 17.0 Å². The van der Waals surface area contributed by atoms with E-state index in [1.807, 2.05) is 43.5 Å². The number of nitrogens with one attached hydrogen (secondary N) is 1. The van der Waals surface area contributed by atoms with Crippen LogP contribution in [0.15, 0.2) is 29.6 Å². The Morgan fingerprint density at radius 1 is 1.31 bits per heavy atom. The van der Waals surface area contributed by atoms with E-state index in [4.69, 9.17) is 15.2 Å². The van der Waals surface area contributed by atoms with E-state index in [1.165, 1.54) is 11.3 Å². The van der Waals surface area contributed by atoms with Gasteiger partial charge in [-0.15, -0.1) is 11.3 Å². The number of amides is 1. The van der Waals surface area contributed by atoms with E-state index in [-0.39, 0.29) is 17.9 Å². The van der Waals surface area contributed by atoms with Crippen LogP contribution in [-0.4, -0.2) is 36.3 Å². The van der Waals surface area contributed by atoms with Crippen LogP contribution in [0.2, 0.25) is 0 Å². The van der Waals surface area contributed by atoms with E-state index in [2.05, 4.69) is 10.3 Å². The van der Waals surface area contributed by atoms with E-state index < -0.39 is 6.04 Å². The first kappa shape index (κ1) is 18.8. The molecule has 1 aliphatic heterocycles. The highest BCUT2D eigenvalue weighted by Crippen LogP contribution is 2.27. The third-order valence-electron chi connectivity index (χ3n) is 4.33. The minimum Gasteiger partial charge on any atom is -0.491 e. The standard InChI is InChI=1S/C19H25N3O3S/c1-12(2)25-15-5-3-13(4-6-15)16-11-26-19(21-16)22-18(23)17(20)14-7-9-24-10-8-14/h3-6,11-12,14,17H,7-10,20H2,1-2H3,(H,21,22,23). The molecule has 1 aliphatic rings. The van der Waals surface area contributed by atoms with Crippen LogP contribution < -0.4 is 15.8 Å². The zero-order valence-electron chi connectivity index (χ0n) is 15.1. The van der Waals surface area contributed by atoms with Crippen molar-refractivity contribution in [2.24, 2.45) is 11.7 Å². The first-order valence-electron chi connectivity index (χ1n) is 8.89. The molecule has 3 rings (SSSR count). The Labute approximate surface area is 157 Å². The number of ether oxygens (including phenoxy) is 2. The van der Waals surface area contributed by atoms with Gasteiger partial charge in [0.1, 0.15) is 5.75 Å². The number of nitrogens with zero attached hydrogens (tertiary/aromatic N) is 1. The number of carbonyl (C=O) groups is 1. The Morgan fingerprint density at radius 2 is 2.00 bits per heavy atom. The van der Waals surface area contributed by atoms with Crippen LogP contribution in [0.4, 0.5) is 5.13 Å². The smallest absolute Gasteiger partial charge is 0.243 e. The molecular formula is C19H25N3O3S. The summed E-state index contributed by atoms with van der Waals surface area (Å²) < 4.78 is 11.0. The van der Waals surface area contributed by atoms with Gasteiger partial charge in [-0.25, -0.2) is 4.98 Å². The summed E-state index contributed by atoms with van der Waals surface area (Å²) in [6, 6.07) is 7.25. The van der Waals surface area contributed by atoms with Crippen LogP contribution in [-0.2, 0) is 9.53 Å². The fraction of sp³-hybridized carbons (Fsp3) is 0.474. The summed E-state index contributed by atoms with van der Waals surface area (Å²) in [6.45, 7) is 5.33. The van der Waals surface area contributed by atoms with E-state index in [0.717, 1.165) is 29.8 Å². The van der Waals surface area contributed by atoms with Crippen molar-refractivity contribution >= 4 is 22.4 Å². The highest BCUT2D eigenvalue weighted by Gasteiger charge is 2.27. The van der Waals surface area contributed by atoms with Crippen molar-refractivity contribution in [3.05, 3.63) is 29.6 Å². The molecule has 7 heteroatoms. The van der Waals surface area contributed by atoms with Crippen LogP contribution in [0.25, 0.3) is 11.3 Å². The molecule has 6 nitrogen and oxygen atoms in total. The Hall–Kier alpha value is -1.96. The van der Waals surface area contributed by atoms with Crippen molar-refractivity contribution < 1.29 is 14.3 Å². The predicted octanol–water partition coefficient (Wildman–Crippen LogP) is 3.29. The largest absolute Gasteiger partial charge is 0.491 e. The molecule has 2 aromatic rings. The number of hydrogen-bond donors (Lipinski definition) is 2. The molecule has 0 aliphatic carbocycles. The first-order chi connectivity index (χ1) is 12.5. The van der Waals surface area contributed by atoms with Crippen molar-refractivity contribution in [2.45, 2.75) is 38.8 Å². The molecule has 1 atom stereocenters. The lowest BCUT2D eigenvalue weighted by Crippen LogP contribution is -2.43. The van der Waals surface area contributed by atoms with Gasteiger partial charge in [-0.1, -0.05) is 0 Å². The molecule has 0 bridgehead atoms. The molecule has 0 spiro atoms. The molecule has 26 heavy (non-hydrogen) atoms. The molecule has 1 amide bonds. The summed E-state index contributed by atoms with van der Waals surface area (Å²) in [4.78, 5) is 16.9. The maximum absolute atomic E-state index is 12.4. The molecule has 0 saturated carbocycles. The van der Waals surface area contributed by atoms with Crippen LogP contribution in [0.5, 0.6) is 5.75 Å². The number of rotatable bonds is 6. The molecular weight excluding hydrogens is 350 g/mol. The zero-order valence-corrected chi connectivity index (χ0v) is 15.9. The lowest BCUT2D eigenvalue weighted by Gasteiger charge is -2.26. The fourth-order valence-electron chi connectivity index (χ4n) is 2.92. The molecule has 3 N–H and O–H groups in total. The molecule has 0 radical (unpaired) electrons. The van der Waals surface area contributed by atoms with Crippen LogP contribution >= 0.6 is 11.3 Å². The van der Waals surface area contributed by atoms with Gasteiger partial charge in [0, 0.05) is 24.2 Å². The molecule has 1 saturated heterocycles. The normalized spacial score (nSPS) is 16.5. The molecule has 1 aromatic heterocycles. The first-order valence-corrected chi connectivity index (χ1v) is 9.77. The number of aromatic nitrogens is 1. The van der Waals surface area contributed by atoms with E-state index in [1.54, 1.807) is 0 Å². The molecule has 2 heterocycles. The second kappa shape index (κ2) is 8.62. The van der Waals surface area contributed by atoms with E-state index >= 15 is 0 Å². The summed E-state index contributed by atoms with van der Waals surface area (Å²) in [5.74, 6) is 0.810. The topological polar surface area (TPSA) is 86.5 Å². The van der Waals surface area contributed by atoms with E-state index in [0.29, 0.717) is 18.3 Å². The summed E-state index contributed by atoms with van der Waals surface area (Å²) in [5, 5.41) is 5.33. The van der Waals surface area contributed by atoms with Gasteiger partial charge in [-0.05, 0) is 56.9 Å². The predicted molar refractivity (Wildman–Crippen MR) is 103 cm³/mol. The van der Waals surface area contributed by atoms with E-state index in [9.17, 15) is 4.79 Å². The lowest BCUT2D eigenvalue weighted by atomic mass is 9.92. The van der Waals surface area contributed by atoms with Crippen molar-refractivity contribution in [1.29, 1.82) is 0 Å². The number of anilines is 1. The van der Waals surface area contributed by atoms with Gasteiger partial charge in [-0.3, -0.25) is 4.79 Å². The number of hydrogen-bond acceptors (Lipinski definition) is 6. The minimum absolute atomic E-state index is 0.141. The van der Waals surface area contributed by atoms with Gasteiger partial charge in [0.15, 0.2) is 5.13 Å². The summed E-state index contributed by atoms with van der Waals surface area (Å²) in [7, 11) is 0. The van der Waals surface area contributed by atoms with Gasteiger partial charge < -0.3 is 20.5 Å². The number of thiazole rings is 1. The maximum atomic E-state index is 12.4. The van der Waals surface area contributed by atoms with Gasteiger partial charge in [-0.2, -0.15) is 0 Å². The fourth-order valence-corrected chi connectivity index (χ4v) is 3.64. The third-order valence-corrected chi connectivity index (χ3v) is 5.09. The van der Waals surface area contributed by atoms with Gasteiger partial charge in [0.05, 0.1) is 17.8 Å². The van der Waals surface area contributed by atoms with Crippen molar-refractivity contribution in [3.63, 3.8) is 0 Å². The minimum atomic E-state index is -0.529. The second-order valence-corrected chi connectivity index (χ2v) is 7.55. The van der Waals surface area contributed by atoms with Crippen LogP contribution in [0.1, 0.15) is 26.7 Å². The Kier molecular flexibility index (Phi) is 6.24. The summed E-state index contributed by atoms with van der Waals surface area (Å²) in [6.07, 6.45) is 1.78.